The molecule has 4 aromatic rings. The van der Waals surface area contributed by atoms with E-state index >= 15 is 0 Å². The lowest BCUT2D eigenvalue weighted by Crippen LogP contribution is -2.65. The van der Waals surface area contributed by atoms with Crippen molar-refractivity contribution in [2.45, 2.75) is 125 Å². The van der Waals surface area contributed by atoms with Crippen LogP contribution in [0.25, 0.3) is 0 Å². The number of alkyl halides is 9. The normalized spacial score (nSPS) is 24.0. The summed E-state index contributed by atoms with van der Waals surface area (Å²) in [6.07, 6.45) is -12.8. The van der Waals surface area contributed by atoms with Gasteiger partial charge < -0.3 is 50.7 Å². The zero-order chi connectivity index (χ0) is 58.2. The van der Waals surface area contributed by atoms with Gasteiger partial charge in [0.05, 0.1) is 79.5 Å². The molecule has 4 saturated heterocycles. The first-order valence-corrected chi connectivity index (χ1v) is 25.8. The zero-order valence-corrected chi connectivity index (χ0v) is 44.1. The van der Waals surface area contributed by atoms with Crippen LogP contribution >= 0.6 is 8.69 Å². The van der Waals surface area contributed by atoms with Gasteiger partial charge in [0.1, 0.15) is 6.61 Å². The molecule has 15 nitrogen and oxygen atoms in total. The maximum absolute atomic E-state index is 13.4. The van der Waals surface area contributed by atoms with Crippen LogP contribution in [0, 0.1) is 6.92 Å². The number of ether oxygens (including phenoxy) is 2. The van der Waals surface area contributed by atoms with Gasteiger partial charge in [-0.1, -0.05) is 72.3 Å². The largest absolute Gasteiger partial charge is 0.772 e. The fraction of sp³-hybridized carbons (Fsp3) is 0.481. The Balaban J connectivity index is 0.000000243. The Morgan fingerprint density at radius 2 is 1.01 bits per heavy atom. The van der Waals surface area contributed by atoms with E-state index in [0.717, 1.165) is 17.7 Å². The van der Waals surface area contributed by atoms with Crippen LogP contribution in [0.2, 0.25) is 0 Å². The molecule has 6 atom stereocenters. The van der Waals surface area contributed by atoms with Crippen LogP contribution in [-0.2, 0) is 67.7 Å². The summed E-state index contributed by atoms with van der Waals surface area (Å²) in [6, 6.07) is 23.2. The third-order valence-corrected chi connectivity index (χ3v) is 15.2. The fourth-order valence-corrected chi connectivity index (χ4v) is 11.0. The van der Waals surface area contributed by atoms with E-state index in [4.69, 9.17) is 24.7 Å². The topological polar surface area (TPSA) is 216 Å². The number of hydrogen-bond donors (Lipinski definition) is 3. The van der Waals surface area contributed by atoms with E-state index < -0.39 is 96.7 Å². The van der Waals surface area contributed by atoms with E-state index in [1.54, 1.807) is 55.1 Å². The molecule has 4 heterocycles. The molecule has 4 aliphatic rings. The van der Waals surface area contributed by atoms with E-state index in [2.05, 4.69) is 15.5 Å². The molecule has 2 spiro atoms. The first-order chi connectivity index (χ1) is 37.1. The van der Waals surface area contributed by atoms with Crippen LogP contribution in [-0.4, -0.2) is 84.0 Å². The summed E-state index contributed by atoms with van der Waals surface area (Å²) >= 11 is 0. The minimum absolute atomic E-state index is 0.0257. The molecule has 0 bridgehead atoms. The lowest BCUT2D eigenvalue weighted by atomic mass is 9.74. The van der Waals surface area contributed by atoms with Crippen molar-refractivity contribution in [1.29, 1.82) is 0 Å². The number of nitrogens with one attached hydrogen (secondary N) is 2. The third-order valence-electron chi connectivity index (χ3n) is 15.2. The molecule has 4 fully saturated rings. The molecular weight excluding hydrogens is 1080 g/mol. The maximum Gasteiger partial charge on any atom is 0.416 e. The Kier molecular flexibility index (Phi) is 19.8. The predicted octanol–water partition coefficient (Wildman–Crippen LogP) is 8.03. The van der Waals surface area contributed by atoms with Crippen molar-refractivity contribution < 1.29 is 87.8 Å². The molecule has 4 N–H and O–H groups in total. The van der Waals surface area contributed by atoms with Gasteiger partial charge in [-0.25, -0.2) is 0 Å². The van der Waals surface area contributed by atoms with Crippen molar-refractivity contribution in [3.8, 4) is 0 Å². The second kappa shape index (κ2) is 25.2. The molecule has 0 radical (unpaired) electrons. The minimum Gasteiger partial charge on any atom is -0.772 e. The van der Waals surface area contributed by atoms with Gasteiger partial charge in [0, 0.05) is 25.9 Å². The predicted molar refractivity (Wildman–Crippen MR) is 262 cm³/mol. The molecular formula is C54H59F9N5O10P-2. The van der Waals surface area contributed by atoms with E-state index in [1.807, 2.05) is 30.3 Å². The lowest BCUT2D eigenvalue weighted by molar-refractivity contribution is -0.685. The molecule has 4 aromatic carbocycles. The lowest BCUT2D eigenvalue weighted by Gasteiger charge is -2.53. The summed E-state index contributed by atoms with van der Waals surface area (Å²) < 4.78 is 141. The van der Waals surface area contributed by atoms with E-state index in [9.17, 15) is 63.9 Å². The van der Waals surface area contributed by atoms with Crippen molar-refractivity contribution in [2.24, 2.45) is 5.73 Å². The molecule has 25 heteroatoms. The average Bonchev–Trinajstić information content (AvgIpc) is 4.11. The highest BCUT2D eigenvalue weighted by Crippen LogP contribution is 2.47. The van der Waals surface area contributed by atoms with Gasteiger partial charge in [-0.15, -0.1) is 0 Å². The van der Waals surface area contributed by atoms with Crippen molar-refractivity contribution in [2.75, 3.05) is 39.5 Å². The SMILES string of the molecule is C[C@@H](OC[C@@]1(c2ccccc2)CC[C@]2(CCC(=O)N2)CN1C(=O)CN)c1cc(C(F)(F)F)cc(C(F)(F)F)c1.Cc1cc([C@@H](C)OC[C@@]2(c3ccccc3)CC[C@]3(CCC(=O)N3)CN2C(=O)CO[O-])cc(C(F)(F)F)c1.O=P[O-]. The molecule has 0 saturated carbocycles. The van der Waals surface area contributed by atoms with Gasteiger partial charge >= 0.3 is 18.5 Å². The first kappa shape index (κ1) is 62.2. The standard InChI is InChI=1S/C27H29F6N3O3.C27H31F3N2O5.HO2P/c1-17(18-11-20(26(28,29)30)13-21(12-18)27(31,32)33)39-16-25(19-5-3-2-4-6-19)10-9-24(8-7-22(37)35-24)15-36(25)23(38)14-34;1-18-12-20(14-22(13-18)27(28,29)30)19(2)36-17-26(21-6-4-3-5-7-21)11-10-25(9-8-23(33)31-25)16-32(26)24(34)15-37-35;1-3-2/h2-6,11-13,17H,7-10,14-16,34H2,1H3,(H,35,37);3-7,12-14,19,35H,8-11,15-17H2,1-2H3,(H,31,33);(H,1,2)/p-2/t17-,24-,25-;19-,25-,26-;/m11./s1. The maximum atomic E-state index is 13.4. The quantitative estimate of drug-likeness (QED) is 0.0504. The molecule has 0 unspecified atom stereocenters. The molecule has 8 rings (SSSR count). The molecule has 79 heavy (non-hydrogen) atoms. The van der Waals surface area contributed by atoms with Crippen LogP contribution in [0.1, 0.15) is 122 Å². The van der Waals surface area contributed by atoms with Gasteiger partial charge in [0.25, 0.3) is 0 Å². The third kappa shape index (κ3) is 14.7. The van der Waals surface area contributed by atoms with Crippen LogP contribution < -0.4 is 26.5 Å². The number of rotatable bonds is 13. The van der Waals surface area contributed by atoms with Crippen LogP contribution in [0.15, 0.2) is 97.1 Å². The van der Waals surface area contributed by atoms with Gasteiger partial charge in [-0.3, -0.25) is 23.7 Å². The van der Waals surface area contributed by atoms with E-state index in [1.165, 1.54) is 11.8 Å². The van der Waals surface area contributed by atoms with E-state index in [-0.39, 0.29) is 56.3 Å². The molecule has 430 valence electrons. The number of hydrogen-bond acceptors (Lipinski definition) is 11. The van der Waals surface area contributed by atoms with Gasteiger partial charge in [0.2, 0.25) is 23.6 Å². The number of piperidine rings is 2. The highest BCUT2D eigenvalue weighted by Gasteiger charge is 2.55. The number of aryl methyl sites for hydroxylation is 1. The van der Waals surface area contributed by atoms with Crippen molar-refractivity contribution >= 4 is 32.3 Å². The Morgan fingerprint density at radius 3 is 1.37 bits per heavy atom. The minimum atomic E-state index is -4.99. The average molecular weight is 1140 g/mol. The van der Waals surface area contributed by atoms with Crippen molar-refractivity contribution in [3.05, 3.63) is 142 Å². The van der Waals surface area contributed by atoms with Crippen molar-refractivity contribution in [3.63, 3.8) is 0 Å². The second-order valence-corrected chi connectivity index (χ2v) is 20.5. The molecule has 4 amide bonds. The Bertz CT molecular complexity index is 2760. The number of amides is 4. The van der Waals surface area contributed by atoms with E-state index in [0.29, 0.717) is 80.2 Å². The Hall–Kier alpha value is -6.01. The zero-order valence-electron chi connectivity index (χ0n) is 43.2. The molecule has 0 aromatic heterocycles. The number of halogens is 9. The summed E-state index contributed by atoms with van der Waals surface area (Å²) in [5.74, 6) is -1.19. The summed E-state index contributed by atoms with van der Waals surface area (Å²) in [5.41, 5.74) is 0.712. The number of benzene rings is 4. The summed E-state index contributed by atoms with van der Waals surface area (Å²) in [4.78, 5) is 65.9. The smallest absolute Gasteiger partial charge is 0.416 e. The number of carbonyl (C=O) groups excluding carboxylic acids is 4. The Labute approximate surface area is 451 Å². The van der Waals surface area contributed by atoms with Gasteiger partial charge in [0.15, 0.2) is 0 Å². The van der Waals surface area contributed by atoms with Crippen molar-refractivity contribution in [1.82, 2.24) is 20.4 Å². The van der Waals surface area contributed by atoms with Gasteiger partial charge in [-0.2, -0.15) is 39.5 Å². The van der Waals surface area contributed by atoms with Gasteiger partial charge in [-0.05, 0) is 112 Å². The van der Waals surface area contributed by atoms with Crippen LogP contribution in [0.3, 0.4) is 0 Å². The monoisotopic (exact) mass is 1140 g/mol. The molecule has 0 aliphatic carbocycles. The number of likely N-dealkylation sites (tertiary alicyclic amines) is 2. The Morgan fingerprint density at radius 1 is 0.633 bits per heavy atom. The summed E-state index contributed by atoms with van der Waals surface area (Å²) in [6.45, 7) is 3.66. The first-order valence-electron chi connectivity index (χ1n) is 25.0. The van der Waals surface area contributed by atoms with Crippen LogP contribution in [0.5, 0.6) is 0 Å². The number of nitrogens with two attached hydrogens (primary N) is 1. The summed E-state index contributed by atoms with van der Waals surface area (Å²) in [7, 11) is -1.08. The van der Waals surface area contributed by atoms with Crippen LogP contribution in [0.4, 0.5) is 39.5 Å². The fourth-order valence-electron chi connectivity index (χ4n) is 11.0. The number of nitrogens with zero attached hydrogens (tertiary/aromatic N) is 2. The highest BCUT2D eigenvalue weighted by molar-refractivity contribution is 7.14. The number of carbonyl (C=O) groups is 4. The second-order valence-electron chi connectivity index (χ2n) is 20.3. The summed E-state index contributed by atoms with van der Waals surface area (Å²) in [5, 5.41) is 16.9. The highest BCUT2D eigenvalue weighted by atomic mass is 31.1. The molecule has 4 aliphatic heterocycles.